The van der Waals surface area contributed by atoms with Crippen molar-refractivity contribution < 1.29 is 23.5 Å². The summed E-state index contributed by atoms with van der Waals surface area (Å²) in [6.07, 6.45) is 4.22. The number of halogens is 1. The van der Waals surface area contributed by atoms with Gasteiger partial charge in [-0.25, -0.2) is 4.79 Å². The zero-order valence-corrected chi connectivity index (χ0v) is 15.5. The molecule has 1 N–H and O–H groups in total. The molecule has 0 aliphatic carbocycles. The lowest BCUT2D eigenvalue weighted by atomic mass is 9.96. The molecule has 0 bridgehead atoms. The Morgan fingerprint density at radius 2 is 2.07 bits per heavy atom. The lowest BCUT2D eigenvalue weighted by Crippen LogP contribution is -2.43. The molecule has 7 nitrogen and oxygen atoms in total. The summed E-state index contributed by atoms with van der Waals surface area (Å²) in [5.74, 6) is -1.29. The molecular formula is C19H19ClN2O5. The Bertz CT molecular complexity index is 850. The lowest BCUT2D eigenvalue weighted by molar-refractivity contribution is -0.121. The van der Waals surface area contributed by atoms with Crippen LogP contribution in [0, 0.1) is 5.92 Å². The van der Waals surface area contributed by atoms with E-state index in [0.717, 1.165) is 6.42 Å². The van der Waals surface area contributed by atoms with Gasteiger partial charge in [-0.05, 0) is 37.1 Å². The highest BCUT2D eigenvalue weighted by Gasteiger charge is 2.29. The third-order valence-electron chi connectivity index (χ3n) is 4.49. The molecule has 1 aliphatic rings. The highest BCUT2D eigenvalue weighted by Crippen LogP contribution is 2.26. The molecule has 142 valence electrons. The van der Waals surface area contributed by atoms with Crippen LogP contribution in [-0.2, 0) is 9.53 Å². The number of nitrogens with one attached hydrogen (secondary N) is 1. The Morgan fingerprint density at radius 1 is 1.26 bits per heavy atom. The van der Waals surface area contributed by atoms with Crippen LogP contribution in [-0.4, -0.2) is 42.9 Å². The third kappa shape index (κ3) is 4.31. The van der Waals surface area contributed by atoms with Gasteiger partial charge >= 0.3 is 5.97 Å². The first kappa shape index (κ1) is 19.0. The van der Waals surface area contributed by atoms with Crippen molar-refractivity contribution in [3.8, 4) is 0 Å². The maximum Gasteiger partial charge on any atom is 0.337 e. The largest absolute Gasteiger partial charge is 0.472 e. The van der Waals surface area contributed by atoms with E-state index in [2.05, 4.69) is 10.1 Å². The number of rotatable bonds is 4. The van der Waals surface area contributed by atoms with Crippen LogP contribution < -0.4 is 5.32 Å². The van der Waals surface area contributed by atoms with E-state index >= 15 is 0 Å². The van der Waals surface area contributed by atoms with E-state index in [1.165, 1.54) is 37.8 Å². The molecular weight excluding hydrogens is 372 g/mol. The summed E-state index contributed by atoms with van der Waals surface area (Å²) >= 11 is 6.13. The van der Waals surface area contributed by atoms with Gasteiger partial charge < -0.3 is 19.4 Å². The standard InChI is InChI=1S/C19H19ClN2O5/c1-26-19(25)12-4-5-15(20)16(9-12)21-17(23)13-3-2-7-22(10-13)18(24)14-6-8-27-11-14/h4-6,8-9,11,13H,2-3,7,10H2,1H3,(H,21,23). The SMILES string of the molecule is COC(=O)c1ccc(Cl)c(NC(=O)C2CCCN(C(=O)c3ccoc3)C2)c1. The average Bonchev–Trinajstić information content (AvgIpc) is 3.23. The van der Waals surface area contributed by atoms with Gasteiger partial charge in [0.05, 0.1) is 41.1 Å². The first-order chi connectivity index (χ1) is 13.0. The quantitative estimate of drug-likeness (QED) is 0.810. The number of hydrogen-bond acceptors (Lipinski definition) is 5. The van der Waals surface area contributed by atoms with E-state index in [-0.39, 0.29) is 23.3 Å². The minimum atomic E-state index is -0.517. The maximum absolute atomic E-state index is 12.7. The number of furan rings is 1. The van der Waals surface area contributed by atoms with Gasteiger partial charge in [-0.1, -0.05) is 11.6 Å². The number of piperidine rings is 1. The highest BCUT2D eigenvalue weighted by atomic mass is 35.5. The second-order valence-electron chi connectivity index (χ2n) is 6.28. The molecule has 1 aromatic carbocycles. The summed E-state index contributed by atoms with van der Waals surface area (Å²) < 4.78 is 9.64. The number of hydrogen-bond donors (Lipinski definition) is 1. The van der Waals surface area contributed by atoms with Crippen LogP contribution in [0.5, 0.6) is 0 Å². The summed E-state index contributed by atoms with van der Waals surface area (Å²) in [5.41, 5.74) is 1.09. The van der Waals surface area contributed by atoms with E-state index in [0.29, 0.717) is 35.8 Å². The Kier molecular flexibility index (Phi) is 5.81. The van der Waals surface area contributed by atoms with E-state index < -0.39 is 5.97 Å². The van der Waals surface area contributed by atoms with Gasteiger partial charge in [-0.2, -0.15) is 0 Å². The minimum Gasteiger partial charge on any atom is -0.472 e. The van der Waals surface area contributed by atoms with E-state index in [1.54, 1.807) is 11.0 Å². The number of carbonyl (C=O) groups is 3. The van der Waals surface area contributed by atoms with Crippen molar-refractivity contribution in [1.82, 2.24) is 4.90 Å². The van der Waals surface area contributed by atoms with Gasteiger partial charge in [-0.15, -0.1) is 0 Å². The molecule has 1 atom stereocenters. The van der Waals surface area contributed by atoms with Gasteiger partial charge in [0.1, 0.15) is 6.26 Å². The Balaban J connectivity index is 1.69. The van der Waals surface area contributed by atoms with Crippen LogP contribution in [0.2, 0.25) is 5.02 Å². The van der Waals surface area contributed by atoms with Crippen molar-refractivity contribution in [3.63, 3.8) is 0 Å². The van der Waals surface area contributed by atoms with Gasteiger partial charge in [0, 0.05) is 13.1 Å². The number of amides is 2. The summed E-state index contributed by atoms with van der Waals surface area (Å²) in [5, 5.41) is 3.08. The van der Waals surface area contributed by atoms with E-state index in [1.807, 2.05) is 0 Å². The molecule has 2 heterocycles. The molecule has 1 saturated heterocycles. The second kappa shape index (κ2) is 8.26. The zero-order valence-electron chi connectivity index (χ0n) is 14.7. The van der Waals surface area contributed by atoms with Gasteiger partial charge in [0.15, 0.2) is 0 Å². The number of anilines is 1. The van der Waals surface area contributed by atoms with Crippen molar-refractivity contribution in [2.45, 2.75) is 12.8 Å². The molecule has 1 unspecified atom stereocenters. The first-order valence-electron chi connectivity index (χ1n) is 8.50. The molecule has 1 aromatic heterocycles. The molecule has 1 fully saturated rings. The van der Waals surface area contributed by atoms with Crippen molar-refractivity contribution in [2.75, 3.05) is 25.5 Å². The summed E-state index contributed by atoms with van der Waals surface area (Å²) in [7, 11) is 1.28. The monoisotopic (exact) mass is 390 g/mol. The van der Waals surface area contributed by atoms with Gasteiger partial charge in [0.25, 0.3) is 5.91 Å². The number of ether oxygens (including phenoxy) is 1. The van der Waals surface area contributed by atoms with Crippen LogP contribution in [0.3, 0.4) is 0 Å². The summed E-state index contributed by atoms with van der Waals surface area (Å²) in [6, 6.07) is 6.13. The fourth-order valence-corrected chi connectivity index (χ4v) is 3.21. The molecule has 2 amide bonds. The number of likely N-dealkylation sites (tertiary alicyclic amines) is 1. The number of nitrogens with zero attached hydrogens (tertiary/aromatic N) is 1. The van der Waals surface area contributed by atoms with E-state index in [4.69, 9.17) is 16.0 Å². The van der Waals surface area contributed by atoms with Gasteiger partial charge in [-0.3, -0.25) is 9.59 Å². The molecule has 0 saturated carbocycles. The smallest absolute Gasteiger partial charge is 0.337 e. The van der Waals surface area contributed by atoms with Crippen molar-refractivity contribution in [2.24, 2.45) is 5.92 Å². The van der Waals surface area contributed by atoms with Gasteiger partial charge in [0.2, 0.25) is 5.91 Å². The maximum atomic E-state index is 12.7. The van der Waals surface area contributed by atoms with Crippen LogP contribution in [0.25, 0.3) is 0 Å². The zero-order chi connectivity index (χ0) is 19.4. The van der Waals surface area contributed by atoms with Crippen LogP contribution in [0.1, 0.15) is 33.6 Å². The average molecular weight is 391 g/mol. The highest BCUT2D eigenvalue weighted by molar-refractivity contribution is 6.33. The number of benzene rings is 1. The molecule has 0 spiro atoms. The Labute approximate surface area is 161 Å². The van der Waals surface area contributed by atoms with Crippen molar-refractivity contribution >= 4 is 35.1 Å². The predicted octanol–water partition coefficient (Wildman–Crippen LogP) is 3.21. The molecule has 8 heteroatoms. The summed E-state index contributed by atoms with van der Waals surface area (Å²) in [4.78, 5) is 38.4. The van der Waals surface area contributed by atoms with Crippen molar-refractivity contribution in [3.05, 3.63) is 52.9 Å². The predicted molar refractivity (Wildman–Crippen MR) is 98.8 cm³/mol. The van der Waals surface area contributed by atoms with Crippen LogP contribution in [0.15, 0.2) is 41.2 Å². The fraction of sp³-hybridized carbons (Fsp3) is 0.316. The normalized spacial score (nSPS) is 16.7. The van der Waals surface area contributed by atoms with Crippen molar-refractivity contribution in [1.29, 1.82) is 0 Å². The molecule has 2 aromatic rings. The Morgan fingerprint density at radius 3 is 2.78 bits per heavy atom. The van der Waals surface area contributed by atoms with E-state index in [9.17, 15) is 14.4 Å². The minimum absolute atomic E-state index is 0.160. The number of esters is 1. The topological polar surface area (TPSA) is 88.9 Å². The number of methoxy groups -OCH3 is 1. The summed E-state index contributed by atoms with van der Waals surface area (Å²) in [6.45, 7) is 0.899. The lowest BCUT2D eigenvalue weighted by Gasteiger charge is -2.31. The molecule has 27 heavy (non-hydrogen) atoms. The van der Waals surface area contributed by atoms with Crippen LogP contribution in [0.4, 0.5) is 5.69 Å². The molecule has 3 rings (SSSR count). The number of carbonyl (C=O) groups excluding carboxylic acids is 3. The molecule has 1 aliphatic heterocycles. The molecule has 0 radical (unpaired) electrons. The Hall–Kier alpha value is -2.80. The second-order valence-corrected chi connectivity index (χ2v) is 6.69. The third-order valence-corrected chi connectivity index (χ3v) is 4.82. The van der Waals surface area contributed by atoms with Crippen LogP contribution >= 0.6 is 11.6 Å². The first-order valence-corrected chi connectivity index (χ1v) is 8.87. The fourth-order valence-electron chi connectivity index (χ4n) is 3.05.